The first-order valence-corrected chi connectivity index (χ1v) is 5.62. The number of nitrogens with one attached hydrogen (secondary N) is 2. The molecule has 1 fully saturated rings. The molecule has 1 amide bonds. The molecule has 2 N–H and O–H groups in total. The predicted octanol–water partition coefficient (Wildman–Crippen LogP) is 1.03. The van der Waals surface area contributed by atoms with E-state index in [1.807, 2.05) is 0 Å². The molecule has 2 rings (SSSR count). The average Bonchev–Trinajstić information content (AvgIpc) is 2.24. The zero-order valence-corrected chi connectivity index (χ0v) is 9.63. The average molecular weight is 209 g/mol. The molecule has 0 radical (unpaired) electrons. The minimum absolute atomic E-state index is 0.0549. The number of hydrogen-bond donors (Lipinski definition) is 2. The second-order valence-electron chi connectivity index (χ2n) is 5.48. The second-order valence-corrected chi connectivity index (χ2v) is 5.48. The Morgan fingerprint density at radius 2 is 2.07 bits per heavy atom. The second kappa shape index (κ2) is 3.51. The number of amides is 1. The topological polar surface area (TPSA) is 53.5 Å². The Labute approximate surface area is 90.5 Å². The molecule has 0 saturated heterocycles. The van der Waals surface area contributed by atoms with E-state index >= 15 is 0 Å². The van der Waals surface area contributed by atoms with E-state index < -0.39 is 0 Å². The maximum atomic E-state index is 11.6. The molecule has 1 saturated carbocycles. The van der Waals surface area contributed by atoms with E-state index in [9.17, 15) is 4.79 Å². The van der Waals surface area contributed by atoms with Crippen molar-refractivity contribution in [3.05, 3.63) is 0 Å². The van der Waals surface area contributed by atoms with Crippen LogP contribution in [0.15, 0.2) is 4.99 Å². The van der Waals surface area contributed by atoms with Crippen LogP contribution in [-0.2, 0) is 4.79 Å². The molecule has 1 atom stereocenters. The summed E-state index contributed by atoms with van der Waals surface area (Å²) < 4.78 is 0. The molecule has 1 heterocycles. The Bertz CT molecular complexity index is 299. The lowest BCUT2D eigenvalue weighted by atomic mass is 9.80. The molecule has 2 aliphatic rings. The fourth-order valence-corrected chi connectivity index (χ4v) is 1.91. The number of carbonyl (C=O) groups is 1. The van der Waals surface area contributed by atoms with Crippen molar-refractivity contribution in [1.29, 1.82) is 0 Å². The Morgan fingerprint density at radius 3 is 2.53 bits per heavy atom. The highest BCUT2D eigenvalue weighted by Crippen LogP contribution is 2.32. The minimum atomic E-state index is -0.136. The summed E-state index contributed by atoms with van der Waals surface area (Å²) in [4.78, 5) is 16.1. The summed E-state index contributed by atoms with van der Waals surface area (Å²) in [6.45, 7) is 6.16. The van der Waals surface area contributed by atoms with Gasteiger partial charge in [0, 0.05) is 5.54 Å². The highest BCUT2D eigenvalue weighted by Gasteiger charge is 2.37. The molecule has 0 bridgehead atoms. The van der Waals surface area contributed by atoms with Gasteiger partial charge in [-0.15, -0.1) is 0 Å². The van der Waals surface area contributed by atoms with Gasteiger partial charge in [-0.3, -0.25) is 10.1 Å². The van der Waals surface area contributed by atoms with Crippen LogP contribution in [0.3, 0.4) is 0 Å². The number of guanidine groups is 1. The zero-order chi connectivity index (χ0) is 11.1. The summed E-state index contributed by atoms with van der Waals surface area (Å²) in [5, 5.41) is 6.01. The summed E-state index contributed by atoms with van der Waals surface area (Å²) in [7, 11) is 0. The minimum Gasteiger partial charge on any atom is -0.351 e. The highest BCUT2D eigenvalue weighted by atomic mass is 16.2. The molecule has 4 heteroatoms. The van der Waals surface area contributed by atoms with Gasteiger partial charge in [0.25, 0.3) is 5.91 Å². The number of carbonyl (C=O) groups excluding carboxylic acids is 1. The van der Waals surface area contributed by atoms with Gasteiger partial charge in [0.05, 0.1) is 0 Å². The number of nitrogens with zero attached hydrogens (tertiary/aromatic N) is 1. The lowest BCUT2D eigenvalue weighted by Gasteiger charge is -2.27. The largest absolute Gasteiger partial charge is 0.351 e. The molecule has 1 unspecified atom stereocenters. The summed E-state index contributed by atoms with van der Waals surface area (Å²) in [6, 6.07) is -0.136. The lowest BCUT2D eigenvalue weighted by Crippen LogP contribution is -2.47. The lowest BCUT2D eigenvalue weighted by molar-refractivity contribution is -0.121. The molecule has 84 valence electrons. The van der Waals surface area contributed by atoms with Crippen molar-refractivity contribution >= 4 is 11.9 Å². The van der Waals surface area contributed by atoms with Gasteiger partial charge < -0.3 is 5.32 Å². The maximum absolute atomic E-state index is 11.6. The van der Waals surface area contributed by atoms with Crippen LogP contribution in [0, 0.1) is 5.92 Å². The molecule has 0 spiro atoms. The summed E-state index contributed by atoms with van der Waals surface area (Å²) >= 11 is 0. The van der Waals surface area contributed by atoms with Crippen molar-refractivity contribution in [2.24, 2.45) is 10.9 Å². The van der Waals surface area contributed by atoms with Gasteiger partial charge >= 0.3 is 0 Å². The standard InChI is InChI=1S/C11H19N3O/c1-11(2,3)14-10-12-8(9(15)13-10)7-5-4-6-7/h7-8H,4-6H2,1-3H3,(H2,12,13,14,15). The summed E-state index contributed by atoms with van der Waals surface area (Å²) in [6.07, 6.45) is 3.53. The Morgan fingerprint density at radius 1 is 1.40 bits per heavy atom. The van der Waals surface area contributed by atoms with Gasteiger partial charge in [-0.1, -0.05) is 6.42 Å². The smallest absolute Gasteiger partial charge is 0.251 e. The quantitative estimate of drug-likeness (QED) is 0.677. The number of hydrogen-bond acceptors (Lipinski definition) is 3. The van der Waals surface area contributed by atoms with Crippen LogP contribution in [0.25, 0.3) is 0 Å². The third-order valence-corrected chi connectivity index (χ3v) is 2.87. The van der Waals surface area contributed by atoms with Crippen molar-refractivity contribution < 1.29 is 4.79 Å². The summed E-state index contributed by atoms with van der Waals surface area (Å²) in [5.74, 6) is 1.18. The van der Waals surface area contributed by atoms with E-state index in [1.54, 1.807) is 0 Å². The van der Waals surface area contributed by atoms with E-state index in [-0.39, 0.29) is 17.5 Å². The van der Waals surface area contributed by atoms with Crippen LogP contribution in [-0.4, -0.2) is 23.4 Å². The Hall–Kier alpha value is -1.06. The van der Waals surface area contributed by atoms with Crippen molar-refractivity contribution in [1.82, 2.24) is 10.6 Å². The van der Waals surface area contributed by atoms with Gasteiger partial charge in [0.2, 0.25) is 0 Å². The maximum Gasteiger partial charge on any atom is 0.251 e. The molecule has 1 aliphatic carbocycles. The number of aliphatic imine (C=N–C) groups is 1. The van der Waals surface area contributed by atoms with Gasteiger partial charge in [0.1, 0.15) is 6.04 Å². The first-order valence-electron chi connectivity index (χ1n) is 5.62. The van der Waals surface area contributed by atoms with Crippen LogP contribution >= 0.6 is 0 Å². The molecule has 0 aromatic rings. The van der Waals surface area contributed by atoms with Crippen molar-refractivity contribution in [2.75, 3.05) is 0 Å². The molecule has 1 aliphatic heterocycles. The third kappa shape index (κ3) is 2.30. The van der Waals surface area contributed by atoms with Crippen LogP contribution in [0.5, 0.6) is 0 Å². The first kappa shape index (κ1) is 10.5. The molecule has 15 heavy (non-hydrogen) atoms. The van der Waals surface area contributed by atoms with Crippen LogP contribution in [0.4, 0.5) is 0 Å². The van der Waals surface area contributed by atoms with Gasteiger partial charge in [-0.05, 0) is 39.5 Å². The van der Waals surface area contributed by atoms with E-state index in [4.69, 9.17) is 0 Å². The zero-order valence-electron chi connectivity index (χ0n) is 9.63. The molecule has 0 aromatic heterocycles. The van der Waals surface area contributed by atoms with Crippen LogP contribution in [0.2, 0.25) is 0 Å². The summed E-state index contributed by atoms with van der Waals surface area (Å²) in [5.41, 5.74) is -0.0549. The normalized spacial score (nSPS) is 27.0. The van der Waals surface area contributed by atoms with E-state index in [0.717, 1.165) is 12.8 Å². The van der Waals surface area contributed by atoms with Crippen molar-refractivity contribution in [3.8, 4) is 0 Å². The van der Waals surface area contributed by atoms with Crippen molar-refractivity contribution in [3.63, 3.8) is 0 Å². The predicted molar refractivity (Wildman–Crippen MR) is 59.6 cm³/mol. The van der Waals surface area contributed by atoms with Crippen LogP contribution < -0.4 is 10.6 Å². The SMILES string of the molecule is CC(C)(C)NC1=NC(C2CCC2)C(=O)N1. The first-order chi connectivity index (χ1) is 6.96. The Balaban J connectivity index is 2.00. The monoisotopic (exact) mass is 209 g/mol. The van der Waals surface area contributed by atoms with E-state index in [0.29, 0.717) is 11.9 Å². The molecular weight excluding hydrogens is 190 g/mol. The number of rotatable bonds is 1. The van der Waals surface area contributed by atoms with Crippen molar-refractivity contribution in [2.45, 2.75) is 51.6 Å². The van der Waals surface area contributed by atoms with Gasteiger partial charge in [-0.2, -0.15) is 0 Å². The Kier molecular flexibility index (Phi) is 2.44. The van der Waals surface area contributed by atoms with Gasteiger partial charge in [-0.25, -0.2) is 4.99 Å². The fraction of sp³-hybridized carbons (Fsp3) is 0.818. The van der Waals surface area contributed by atoms with Gasteiger partial charge in [0.15, 0.2) is 5.96 Å². The van der Waals surface area contributed by atoms with E-state index in [2.05, 4.69) is 36.4 Å². The third-order valence-electron chi connectivity index (χ3n) is 2.87. The fourth-order valence-electron chi connectivity index (χ4n) is 1.91. The van der Waals surface area contributed by atoms with E-state index in [1.165, 1.54) is 6.42 Å². The van der Waals surface area contributed by atoms with Crippen LogP contribution in [0.1, 0.15) is 40.0 Å². The molecule has 4 nitrogen and oxygen atoms in total. The highest BCUT2D eigenvalue weighted by molar-refractivity contribution is 6.05. The molecular formula is C11H19N3O. The molecule has 0 aromatic carbocycles.